The summed E-state index contributed by atoms with van der Waals surface area (Å²) in [6, 6.07) is 0. The molecule has 0 saturated heterocycles. The molecule has 4 heteroatoms. The first-order valence-electron chi connectivity index (χ1n) is 2.90. The average Bonchev–Trinajstić information content (AvgIpc) is 1.65. The molecule has 0 saturated carbocycles. The van der Waals surface area contributed by atoms with Crippen LogP contribution in [-0.2, 0) is 9.84 Å². The molecular formula is C5H12O3S. The first-order valence-corrected chi connectivity index (χ1v) is 4.62. The zero-order chi connectivity index (χ0) is 7.49. The van der Waals surface area contributed by atoms with Crippen molar-refractivity contribution in [3.8, 4) is 0 Å². The van der Waals surface area contributed by atoms with E-state index in [9.17, 15) is 8.42 Å². The van der Waals surface area contributed by atoms with E-state index in [1.54, 1.807) is 6.92 Å². The second-order valence-corrected chi connectivity index (χ2v) is 4.38. The van der Waals surface area contributed by atoms with E-state index in [1.807, 2.05) is 0 Å². The van der Waals surface area contributed by atoms with Crippen LogP contribution < -0.4 is 0 Å². The smallest absolute Gasteiger partial charge is 0.176 e. The zero-order valence-electron chi connectivity index (χ0n) is 5.66. The van der Waals surface area contributed by atoms with E-state index >= 15 is 0 Å². The minimum atomic E-state index is -3.19. The normalized spacial score (nSPS) is 15.4. The maximum atomic E-state index is 10.7. The van der Waals surface area contributed by atoms with Gasteiger partial charge in [-0.15, -0.1) is 0 Å². The predicted octanol–water partition coefficient (Wildman–Crippen LogP) is 0.150. The molecule has 0 fully saturated rings. The third-order valence-electron chi connectivity index (χ3n) is 1.01. The van der Waals surface area contributed by atoms with Crippen LogP contribution in [0.25, 0.3) is 0 Å². The van der Waals surface area contributed by atoms with E-state index in [0.717, 1.165) is 0 Å². The van der Waals surface area contributed by atoms with Gasteiger partial charge in [-0.1, -0.05) is 6.92 Å². The predicted molar refractivity (Wildman–Crippen MR) is 35.8 cm³/mol. The number of rotatable bonds is 3. The van der Waals surface area contributed by atoms with Crippen molar-refractivity contribution in [3.05, 3.63) is 0 Å². The van der Waals surface area contributed by atoms with Gasteiger partial charge in [0.15, 0.2) is 15.3 Å². The standard InChI is InChI=1S/C5H12O3S/c1-3-4-9(7,8)5(2)6/h5-6H,3-4H2,1-2H3. The molecule has 0 heterocycles. The van der Waals surface area contributed by atoms with Crippen molar-refractivity contribution in [1.82, 2.24) is 0 Å². The molecule has 1 atom stereocenters. The van der Waals surface area contributed by atoms with Crippen LogP contribution in [-0.4, -0.2) is 24.7 Å². The summed E-state index contributed by atoms with van der Waals surface area (Å²) in [5, 5.41) is 8.62. The van der Waals surface area contributed by atoms with Crippen molar-refractivity contribution in [2.45, 2.75) is 25.7 Å². The molecule has 0 aliphatic heterocycles. The number of sulfone groups is 1. The molecule has 0 aromatic heterocycles. The van der Waals surface area contributed by atoms with Crippen LogP contribution in [0.1, 0.15) is 20.3 Å². The maximum Gasteiger partial charge on any atom is 0.176 e. The highest BCUT2D eigenvalue weighted by Crippen LogP contribution is 1.98. The SMILES string of the molecule is CCCS(=O)(=O)C(C)O. The molecule has 9 heavy (non-hydrogen) atoms. The lowest BCUT2D eigenvalue weighted by atomic mass is 10.6. The molecule has 0 spiro atoms. The molecule has 0 aliphatic rings. The molecule has 0 radical (unpaired) electrons. The topological polar surface area (TPSA) is 54.4 Å². The van der Waals surface area contributed by atoms with Crippen LogP contribution in [0.4, 0.5) is 0 Å². The maximum absolute atomic E-state index is 10.7. The summed E-state index contributed by atoms with van der Waals surface area (Å²) in [5.74, 6) is 0.0741. The highest BCUT2D eigenvalue weighted by Gasteiger charge is 2.15. The van der Waals surface area contributed by atoms with E-state index in [-0.39, 0.29) is 5.75 Å². The van der Waals surface area contributed by atoms with Crippen LogP contribution in [0, 0.1) is 0 Å². The second-order valence-electron chi connectivity index (χ2n) is 1.97. The third-order valence-corrected chi connectivity index (χ3v) is 3.03. The first-order chi connectivity index (χ1) is 4.00. The molecule has 56 valence electrons. The van der Waals surface area contributed by atoms with Crippen molar-refractivity contribution in [3.63, 3.8) is 0 Å². The summed E-state index contributed by atoms with van der Waals surface area (Å²) in [6.45, 7) is 3.03. The fourth-order valence-corrected chi connectivity index (χ4v) is 1.37. The van der Waals surface area contributed by atoms with Crippen molar-refractivity contribution in [1.29, 1.82) is 0 Å². The quantitative estimate of drug-likeness (QED) is 0.626. The van der Waals surface area contributed by atoms with Gasteiger partial charge in [0.05, 0.1) is 5.75 Å². The van der Waals surface area contributed by atoms with Gasteiger partial charge < -0.3 is 5.11 Å². The minimum absolute atomic E-state index is 0.0741. The van der Waals surface area contributed by atoms with Crippen molar-refractivity contribution in [2.24, 2.45) is 0 Å². The Morgan fingerprint density at radius 1 is 1.56 bits per heavy atom. The van der Waals surface area contributed by atoms with E-state index < -0.39 is 15.3 Å². The summed E-state index contributed by atoms with van der Waals surface area (Å²) in [5.41, 5.74) is -1.21. The number of hydrogen-bond acceptors (Lipinski definition) is 3. The average molecular weight is 152 g/mol. The summed E-state index contributed by atoms with van der Waals surface area (Å²) in [6.07, 6.45) is 0.563. The van der Waals surface area contributed by atoms with E-state index in [0.29, 0.717) is 6.42 Å². The Labute approximate surface area is 55.6 Å². The lowest BCUT2D eigenvalue weighted by molar-refractivity contribution is 0.268. The third kappa shape index (κ3) is 2.81. The van der Waals surface area contributed by atoms with Crippen LogP contribution in [0.15, 0.2) is 0 Å². The molecule has 1 N–H and O–H groups in total. The fraction of sp³-hybridized carbons (Fsp3) is 1.00. The Bertz CT molecular complexity index is 157. The highest BCUT2D eigenvalue weighted by molar-refractivity contribution is 7.91. The summed E-state index contributed by atoms with van der Waals surface area (Å²) < 4.78 is 21.4. The molecule has 0 aliphatic carbocycles. The lowest BCUT2D eigenvalue weighted by Crippen LogP contribution is -2.19. The molecular weight excluding hydrogens is 140 g/mol. The van der Waals surface area contributed by atoms with Gasteiger partial charge in [-0.2, -0.15) is 0 Å². The molecule has 0 bridgehead atoms. The van der Waals surface area contributed by atoms with Gasteiger partial charge in [0.1, 0.15) is 0 Å². The fourth-order valence-electron chi connectivity index (χ4n) is 0.455. The summed E-state index contributed by atoms with van der Waals surface area (Å²) >= 11 is 0. The second kappa shape index (κ2) is 3.17. The molecule has 0 aromatic rings. The lowest BCUT2D eigenvalue weighted by Gasteiger charge is -2.03. The molecule has 3 nitrogen and oxygen atoms in total. The largest absolute Gasteiger partial charge is 0.377 e. The minimum Gasteiger partial charge on any atom is -0.377 e. The van der Waals surface area contributed by atoms with E-state index in [2.05, 4.69) is 0 Å². The van der Waals surface area contributed by atoms with Gasteiger partial charge in [0.25, 0.3) is 0 Å². The monoisotopic (exact) mass is 152 g/mol. The van der Waals surface area contributed by atoms with Gasteiger partial charge in [0.2, 0.25) is 0 Å². The summed E-state index contributed by atoms with van der Waals surface area (Å²) in [7, 11) is -3.19. The van der Waals surface area contributed by atoms with Crippen molar-refractivity contribution < 1.29 is 13.5 Å². The van der Waals surface area contributed by atoms with Crippen molar-refractivity contribution in [2.75, 3.05) is 5.75 Å². The Hall–Kier alpha value is -0.0900. The van der Waals surface area contributed by atoms with Gasteiger partial charge in [-0.3, -0.25) is 0 Å². The zero-order valence-corrected chi connectivity index (χ0v) is 6.48. The van der Waals surface area contributed by atoms with Gasteiger partial charge in [-0.25, -0.2) is 8.42 Å². The Morgan fingerprint density at radius 3 is 2.11 bits per heavy atom. The van der Waals surface area contributed by atoms with Gasteiger partial charge in [0, 0.05) is 0 Å². The number of aliphatic hydroxyl groups excluding tert-OH is 1. The molecule has 1 unspecified atom stereocenters. The first kappa shape index (κ1) is 8.91. The van der Waals surface area contributed by atoms with Crippen LogP contribution in [0.3, 0.4) is 0 Å². The highest BCUT2D eigenvalue weighted by atomic mass is 32.2. The van der Waals surface area contributed by atoms with E-state index in [4.69, 9.17) is 5.11 Å². The molecule has 0 rings (SSSR count). The Balaban J connectivity index is 4.05. The molecule has 0 aromatic carbocycles. The van der Waals surface area contributed by atoms with Crippen molar-refractivity contribution >= 4 is 9.84 Å². The van der Waals surface area contributed by atoms with Crippen LogP contribution in [0.5, 0.6) is 0 Å². The van der Waals surface area contributed by atoms with Gasteiger partial charge in [-0.05, 0) is 13.3 Å². The summed E-state index contributed by atoms with van der Waals surface area (Å²) in [4.78, 5) is 0. The van der Waals surface area contributed by atoms with Gasteiger partial charge >= 0.3 is 0 Å². The molecule has 0 amide bonds. The Kier molecular flexibility index (Phi) is 3.14. The number of aliphatic hydroxyl groups is 1. The van der Waals surface area contributed by atoms with E-state index in [1.165, 1.54) is 6.92 Å². The van der Waals surface area contributed by atoms with Crippen LogP contribution >= 0.6 is 0 Å². The Morgan fingerprint density at radius 2 is 2.00 bits per heavy atom. The number of hydrogen-bond donors (Lipinski definition) is 1. The van der Waals surface area contributed by atoms with Crippen LogP contribution in [0.2, 0.25) is 0 Å².